The van der Waals surface area contributed by atoms with Crippen molar-refractivity contribution in [2.75, 3.05) is 13.1 Å². The molecule has 0 saturated carbocycles. The molecule has 7 nitrogen and oxygen atoms in total. The van der Waals surface area contributed by atoms with Crippen molar-refractivity contribution in [2.24, 2.45) is 0 Å². The number of unbranched alkanes of at least 4 members (excludes halogenated alkanes) is 5. The number of aryl methyl sites for hydroxylation is 1. The summed E-state index contributed by atoms with van der Waals surface area (Å²) in [7, 11) is -3.79. The Morgan fingerprint density at radius 1 is 1.06 bits per heavy atom. The first kappa shape index (κ1) is 27.7. The molecule has 1 aliphatic heterocycles. The van der Waals surface area contributed by atoms with Crippen molar-refractivity contribution < 1.29 is 17.9 Å². The first-order valence-corrected chi connectivity index (χ1v) is 14.3. The van der Waals surface area contributed by atoms with Gasteiger partial charge >= 0.3 is 6.09 Å². The van der Waals surface area contributed by atoms with Gasteiger partial charge in [0.25, 0.3) is 0 Å². The molecule has 1 heterocycles. The minimum Gasteiger partial charge on any atom is -0.445 e. The Bertz CT molecular complexity index is 1110. The van der Waals surface area contributed by atoms with Crippen LogP contribution in [0.5, 0.6) is 0 Å². The van der Waals surface area contributed by atoms with Crippen LogP contribution in [0.25, 0.3) is 0 Å². The first-order chi connectivity index (χ1) is 17.4. The Balaban J connectivity index is 1.74. The summed E-state index contributed by atoms with van der Waals surface area (Å²) in [5, 5.41) is 9.75. The number of benzene rings is 2. The minimum atomic E-state index is -3.79. The van der Waals surface area contributed by atoms with Crippen LogP contribution >= 0.6 is 0 Å². The molecule has 0 aliphatic carbocycles. The van der Waals surface area contributed by atoms with Gasteiger partial charge in [0, 0.05) is 19.1 Å². The van der Waals surface area contributed by atoms with Crippen LogP contribution in [0.4, 0.5) is 4.79 Å². The summed E-state index contributed by atoms with van der Waals surface area (Å²) in [6, 6.07) is 17.1. The number of hydrogen-bond donors (Lipinski definition) is 0. The van der Waals surface area contributed by atoms with E-state index in [1.165, 1.54) is 15.6 Å². The Labute approximate surface area is 215 Å². The number of hydrogen-bond acceptors (Lipinski definition) is 5. The lowest BCUT2D eigenvalue weighted by Crippen LogP contribution is -2.43. The van der Waals surface area contributed by atoms with Crippen molar-refractivity contribution in [3.05, 3.63) is 65.7 Å². The lowest BCUT2D eigenvalue weighted by atomic mass is 10.1. The highest BCUT2D eigenvalue weighted by molar-refractivity contribution is 7.89. The SMILES string of the molecule is CCCCCCCCN([C@H]1C[C@H](C#N)N(C(=O)OCc2ccccc2)C1)S(=O)(=O)c1ccc(C)cc1. The number of likely N-dealkylation sites (tertiary alicyclic amines) is 1. The molecular weight excluding hydrogens is 474 g/mol. The van der Waals surface area contributed by atoms with E-state index in [-0.39, 0.29) is 24.5 Å². The molecule has 1 amide bonds. The zero-order valence-electron chi connectivity index (χ0n) is 21.3. The largest absolute Gasteiger partial charge is 0.445 e. The summed E-state index contributed by atoms with van der Waals surface area (Å²) in [6.45, 7) is 4.67. The van der Waals surface area contributed by atoms with Gasteiger partial charge in [-0.05, 0) is 37.5 Å². The molecule has 0 spiro atoms. The van der Waals surface area contributed by atoms with E-state index in [1.807, 2.05) is 37.3 Å². The van der Waals surface area contributed by atoms with Gasteiger partial charge in [0.15, 0.2) is 0 Å². The van der Waals surface area contributed by atoms with Crippen molar-refractivity contribution >= 4 is 16.1 Å². The van der Waals surface area contributed by atoms with E-state index in [9.17, 15) is 18.5 Å². The van der Waals surface area contributed by atoms with Crippen molar-refractivity contribution in [1.29, 1.82) is 5.26 Å². The van der Waals surface area contributed by atoms with E-state index >= 15 is 0 Å². The molecule has 2 atom stereocenters. The number of ether oxygens (including phenoxy) is 1. The minimum absolute atomic E-state index is 0.0993. The predicted molar refractivity (Wildman–Crippen MR) is 140 cm³/mol. The highest BCUT2D eigenvalue weighted by Gasteiger charge is 2.43. The van der Waals surface area contributed by atoms with Crippen LogP contribution in [-0.4, -0.2) is 48.9 Å². The Kier molecular flexibility index (Phi) is 10.3. The monoisotopic (exact) mass is 511 g/mol. The highest BCUT2D eigenvalue weighted by Crippen LogP contribution is 2.29. The molecule has 3 rings (SSSR count). The molecule has 1 aliphatic rings. The van der Waals surface area contributed by atoms with Gasteiger partial charge in [0.05, 0.1) is 11.0 Å². The number of carbonyl (C=O) groups excluding carboxylic acids is 1. The van der Waals surface area contributed by atoms with E-state index in [2.05, 4.69) is 13.0 Å². The average molecular weight is 512 g/mol. The molecule has 0 bridgehead atoms. The second-order valence-electron chi connectivity index (χ2n) is 9.42. The molecule has 0 aromatic heterocycles. The first-order valence-electron chi connectivity index (χ1n) is 12.8. The van der Waals surface area contributed by atoms with Gasteiger partial charge in [0.2, 0.25) is 10.0 Å². The summed E-state index contributed by atoms with van der Waals surface area (Å²) in [5.74, 6) is 0. The van der Waals surface area contributed by atoms with Crippen molar-refractivity contribution in [2.45, 2.75) is 82.4 Å². The zero-order valence-corrected chi connectivity index (χ0v) is 22.1. The second kappa shape index (κ2) is 13.4. The van der Waals surface area contributed by atoms with Gasteiger partial charge in [-0.1, -0.05) is 87.1 Å². The molecule has 0 radical (unpaired) electrons. The van der Waals surface area contributed by atoms with Crippen LogP contribution in [-0.2, 0) is 21.4 Å². The van der Waals surface area contributed by atoms with Crippen LogP contribution in [0, 0.1) is 18.3 Å². The maximum Gasteiger partial charge on any atom is 0.411 e. The molecule has 0 N–H and O–H groups in total. The second-order valence-corrected chi connectivity index (χ2v) is 11.3. The van der Waals surface area contributed by atoms with Crippen LogP contribution < -0.4 is 0 Å². The van der Waals surface area contributed by atoms with Crippen LogP contribution in [0.2, 0.25) is 0 Å². The van der Waals surface area contributed by atoms with E-state index in [0.29, 0.717) is 6.54 Å². The molecule has 194 valence electrons. The van der Waals surface area contributed by atoms with E-state index in [4.69, 9.17) is 4.74 Å². The van der Waals surface area contributed by atoms with E-state index < -0.39 is 28.2 Å². The fourth-order valence-corrected chi connectivity index (χ4v) is 6.21. The summed E-state index contributed by atoms with van der Waals surface area (Å²) in [5.41, 5.74) is 1.83. The quantitative estimate of drug-likeness (QED) is 0.344. The maximum absolute atomic E-state index is 13.7. The van der Waals surface area contributed by atoms with Crippen molar-refractivity contribution in [3.8, 4) is 6.07 Å². The van der Waals surface area contributed by atoms with Crippen molar-refractivity contribution in [1.82, 2.24) is 9.21 Å². The highest BCUT2D eigenvalue weighted by atomic mass is 32.2. The van der Waals surface area contributed by atoms with E-state index in [0.717, 1.165) is 43.2 Å². The van der Waals surface area contributed by atoms with Crippen LogP contribution in [0.1, 0.15) is 63.0 Å². The third kappa shape index (κ3) is 7.31. The molecule has 36 heavy (non-hydrogen) atoms. The van der Waals surface area contributed by atoms with Crippen LogP contribution in [0.15, 0.2) is 59.5 Å². The van der Waals surface area contributed by atoms with E-state index in [1.54, 1.807) is 24.3 Å². The number of sulfonamides is 1. The number of carbonyl (C=O) groups is 1. The number of nitriles is 1. The molecule has 8 heteroatoms. The lowest BCUT2D eigenvalue weighted by molar-refractivity contribution is 0.0966. The molecule has 0 unspecified atom stereocenters. The number of amides is 1. The third-order valence-corrected chi connectivity index (χ3v) is 8.60. The number of nitrogens with zero attached hydrogens (tertiary/aromatic N) is 3. The standard InChI is InChI=1S/C28H37N3O4S/c1-3-4-5-6-7-11-18-31(36(33,34)27-16-14-23(2)15-17-27)26-19-25(20-29)30(21-26)28(32)35-22-24-12-9-8-10-13-24/h8-10,12-17,25-26H,3-7,11,18-19,21-22H2,1-2H3/t25-,26+/m1/s1. The number of rotatable bonds is 12. The zero-order chi connectivity index (χ0) is 26.0. The summed E-state index contributed by atoms with van der Waals surface area (Å²) >= 11 is 0. The van der Waals surface area contributed by atoms with Gasteiger partial charge in [-0.25, -0.2) is 13.2 Å². The maximum atomic E-state index is 13.7. The fraction of sp³-hybridized carbons (Fsp3) is 0.500. The van der Waals surface area contributed by atoms with Crippen LogP contribution in [0.3, 0.4) is 0 Å². The Hall–Kier alpha value is -2.89. The summed E-state index contributed by atoms with van der Waals surface area (Å²) in [4.78, 5) is 14.5. The van der Waals surface area contributed by atoms with Gasteiger partial charge in [0.1, 0.15) is 12.6 Å². The van der Waals surface area contributed by atoms with Gasteiger partial charge in [-0.3, -0.25) is 4.90 Å². The fourth-order valence-electron chi connectivity index (χ4n) is 4.54. The third-order valence-electron chi connectivity index (χ3n) is 6.63. The normalized spacial score (nSPS) is 17.8. The Morgan fingerprint density at radius 3 is 2.39 bits per heavy atom. The van der Waals surface area contributed by atoms with Gasteiger partial charge in [-0.2, -0.15) is 9.57 Å². The summed E-state index contributed by atoms with van der Waals surface area (Å²) in [6.07, 6.45) is 5.88. The molecule has 2 aromatic carbocycles. The Morgan fingerprint density at radius 2 is 1.72 bits per heavy atom. The molecular formula is C28H37N3O4S. The molecule has 1 fully saturated rings. The van der Waals surface area contributed by atoms with Gasteiger partial charge in [-0.15, -0.1) is 0 Å². The summed E-state index contributed by atoms with van der Waals surface area (Å²) < 4.78 is 34.3. The topological polar surface area (TPSA) is 90.7 Å². The van der Waals surface area contributed by atoms with Crippen molar-refractivity contribution in [3.63, 3.8) is 0 Å². The lowest BCUT2D eigenvalue weighted by Gasteiger charge is -2.28. The smallest absolute Gasteiger partial charge is 0.411 e. The molecule has 1 saturated heterocycles. The predicted octanol–water partition coefficient (Wildman–Crippen LogP) is 5.65. The average Bonchev–Trinajstić information content (AvgIpc) is 3.31. The molecule has 2 aromatic rings. The van der Waals surface area contributed by atoms with Gasteiger partial charge < -0.3 is 4.74 Å².